The lowest BCUT2D eigenvalue weighted by molar-refractivity contribution is 0.0691. The number of para-hydroxylation sites is 1. The summed E-state index contributed by atoms with van der Waals surface area (Å²) in [6, 6.07) is 10.7. The fourth-order valence-electron chi connectivity index (χ4n) is 2.65. The van der Waals surface area contributed by atoms with E-state index in [0.717, 1.165) is 11.1 Å². The summed E-state index contributed by atoms with van der Waals surface area (Å²) in [5, 5.41) is 14.6. The van der Waals surface area contributed by atoms with Crippen molar-refractivity contribution in [3.05, 3.63) is 52.7 Å². The predicted octanol–water partition coefficient (Wildman–Crippen LogP) is 3.16. The van der Waals surface area contributed by atoms with Crippen LogP contribution in [0.2, 0.25) is 5.02 Å². The van der Waals surface area contributed by atoms with Gasteiger partial charge >= 0.3 is 5.97 Å². The van der Waals surface area contributed by atoms with Gasteiger partial charge in [0.05, 0.1) is 12.1 Å². The van der Waals surface area contributed by atoms with Gasteiger partial charge in [-0.25, -0.2) is 4.79 Å². The van der Waals surface area contributed by atoms with Crippen LogP contribution >= 0.6 is 11.6 Å². The van der Waals surface area contributed by atoms with Gasteiger partial charge in [0.25, 0.3) is 0 Å². The van der Waals surface area contributed by atoms with Crippen LogP contribution in [0.15, 0.2) is 36.4 Å². The van der Waals surface area contributed by atoms with Gasteiger partial charge in [0.15, 0.2) is 17.2 Å². The quantitative estimate of drug-likeness (QED) is 0.798. The van der Waals surface area contributed by atoms with E-state index >= 15 is 0 Å². The highest BCUT2D eigenvalue weighted by Crippen LogP contribution is 2.37. The minimum atomic E-state index is -1.06. The van der Waals surface area contributed by atoms with Crippen molar-refractivity contribution < 1.29 is 19.4 Å². The molecule has 0 radical (unpaired) electrons. The normalized spacial score (nSPS) is 12.7. The number of carboxylic acids is 1. The number of fused-ring (bicyclic) bond motifs is 2. The van der Waals surface area contributed by atoms with Crippen molar-refractivity contribution in [1.82, 2.24) is 9.78 Å². The second-order valence-corrected chi connectivity index (χ2v) is 5.53. The van der Waals surface area contributed by atoms with Gasteiger partial charge < -0.3 is 14.6 Å². The summed E-state index contributed by atoms with van der Waals surface area (Å²) >= 11 is 6.29. The third-order valence-electron chi connectivity index (χ3n) is 3.72. The topological polar surface area (TPSA) is 73.6 Å². The zero-order valence-corrected chi connectivity index (χ0v) is 12.6. The van der Waals surface area contributed by atoms with Crippen molar-refractivity contribution in [2.24, 2.45) is 0 Å². The third kappa shape index (κ3) is 2.27. The minimum Gasteiger partial charge on any atom is -0.476 e. The van der Waals surface area contributed by atoms with Crippen molar-refractivity contribution in [2.45, 2.75) is 6.54 Å². The number of aromatic nitrogens is 2. The van der Waals surface area contributed by atoms with Crippen LogP contribution in [0.4, 0.5) is 0 Å². The highest BCUT2D eigenvalue weighted by atomic mass is 35.5. The summed E-state index contributed by atoms with van der Waals surface area (Å²) in [5.41, 5.74) is 1.54. The summed E-state index contributed by atoms with van der Waals surface area (Å²) < 4.78 is 12.3. The summed E-state index contributed by atoms with van der Waals surface area (Å²) in [4.78, 5) is 11.4. The van der Waals surface area contributed by atoms with Crippen LogP contribution in [-0.4, -0.2) is 27.6 Å². The summed E-state index contributed by atoms with van der Waals surface area (Å²) in [6.07, 6.45) is 0. The van der Waals surface area contributed by atoms with E-state index in [9.17, 15) is 9.90 Å². The molecule has 1 aliphatic heterocycles. The molecule has 0 unspecified atom stereocenters. The maximum Gasteiger partial charge on any atom is 0.357 e. The number of ether oxygens (including phenoxy) is 2. The predicted molar refractivity (Wildman–Crippen MR) is 83.4 cm³/mol. The number of benzene rings is 2. The number of halogens is 1. The lowest BCUT2D eigenvalue weighted by Gasteiger charge is -2.07. The smallest absolute Gasteiger partial charge is 0.357 e. The second-order valence-electron chi connectivity index (χ2n) is 5.13. The Balaban J connectivity index is 1.81. The van der Waals surface area contributed by atoms with Gasteiger partial charge in [0.1, 0.15) is 0 Å². The maximum atomic E-state index is 11.4. The van der Waals surface area contributed by atoms with Gasteiger partial charge in [-0.05, 0) is 17.7 Å². The Bertz CT molecular complexity index is 935. The molecule has 1 aliphatic rings. The third-order valence-corrected chi connectivity index (χ3v) is 4.07. The van der Waals surface area contributed by atoms with Crippen LogP contribution in [0.1, 0.15) is 16.1 Å². The molecular weight excluding hydrogens is 320 g/mol. The molecule has 4 rings (SSSR count). The fourth-order valence-corrected chi connectivity index (χ4v) is 2.86. The maximum absolute atomic E-state index is 11.4. The molecule has 2 heterocycles. The Labute approximate surface area is 135 Å². The first-order valence-corrected chi connectivity index (χ1v) is 7.28. The average molecular weight is 331 g/mol. The number of hydrogen-bond acceptors (Lipinski definition) is 4. The lowest BCUT2D eigenvalue weighted by atomic mass is 10.2. The summed E-state index contributed by atoms with van der Waals surface area (Å²) in [7, 11) is 0. The van der Waals surface area contributed by atoms with Crippen LogP contribution in [-0.2, 0) is 6.54 Å². The molecule has 0 saturated heterocycles. The lowest BCUT2D eigenvalue weighted by Crippen LogP contribution is -2.05. The summed E-state index contributed by atoms with van der Waals surface area (Å²) in [5.74, 6) is 0.173. The first kappa shape index (κ1) is 13.9. The van der Waals surface area contributed by atoms with E-state index in [0.29, 0.717) is 28.5 Å². The average Bonchev–Trinajstić information content (AvgIpc) is 3.12. The Morgan fingerprint density at radius 1 is 1.26 bits per heavy atom. The Morgan fingerprint density at radius 2 is 2.00 bits per heavy atom. The molecule has 0 amide bonds. The standard InChI is InChI=1S/C16H11ClN2O4/c17-11-6-14-13(22-8-23-14)5-9(11)7-19-12-4-2-1-3-10(12)15(18-19)16(20)21/h1-6H,7-8H2,(H,20,21). The molecule has 1 aromatic heterocycles. The molecular formula is C16H11ClN2O4. The van der Waals surface area contributed by atoms with Gasteiger partial charge in [-0.2, -0.15) is 5.10 Å². The van der Waals surface area contributed by atoms with Gasteiger partial charge in [0.2, 0.25) is 6.79 Å². The Morgan fingerprint density at radius 3 is 2.78 bits per heavy atom. The number of nitrogens with zero attached hydrogens (tertiary/aromatic N) is 2. The molecule has 0 fully saturated rings. The second kappa shape index (κ2) is 5.17. The number of rotatable bonds is 3. The van der Waals surface area contributed by atoms with Gasteiger partial charge in [-0.15, -0.1) is 0 Å². The molecule has 0 bridgehead atoms. The molecule has 0 spiro atoms. The van der Waals surface area contributed by atoms with Crippen molar-refractivity contribution in [1.29, 1.82) is 0 Å². The van der Waals surface area contributed by atoms with Crippen LogP contribution < -0.4 is 9.47 Å². The zero-order chi connectivity index (χ0) is 16.0. The molecule has 6 nitrogen and oxygen atoms in total. The van der Waals surface area contributed by atoms with Crippen LogP contribution in [0, 0.1) is 0 Å². The van der Waals surface area contributed by atoms with E-state index in [2.05, 4.69) is 5.10 Å². The molecule has 0 saturated carbocycles. The van der Waals surface area contributed by atoms with Crippen molar-refractivity contribution >= 4 is 28.5 Å². The first-order valence-electron chi connectivity index (χ1n) is 6.90. The monoisotopic (exact) mass is 330 g/mol. The SMILES string of the molecule is O=C(O)c1nn(Cc2cc3c(cc2Cl)OCO3)c2ccccc12. The fraction of sp³-hybridized carbons (Fsp3) is 0.125. The van der Waals surface area contributed by atoms with E-state index in [1.165, 1.54) is 0 Å². The van der Waals surface area contributed by atoms with Crippen molar-refractivity contribution in [2.75, 3.05) is 6.79 Å². The van der Waals surface area contributed by atoms with E-state index in [1.807, 2.05) is 12.1 Å². The summed E-state index contributed by atoms with van der Waals surface area (Å²) in [6.45, 7) is 0.506. The number of hydrogen-bond donors (Lipinski definition) is 1. The van der Waals surface area contributed by atoms with Crippen LogP contribution in [0.3, 0.4) is 0 Å². The van der Waals surface area contributed by atoms with Crippen LogP contribution in [0.5, 0.6) is 11.5 Å². The molecule has 2 aromatic carbocycles. The van der Waals surface area contributed by atoms with Gasteiger partial charge in [0, 0.05) is 16.5 Å². The Kier molecular flexibility index (Phi) is 3.12. The van der Waals surface area contributed by atoms with Gasteiger partial charge in [-0.3, -0.25) is 4.68 Å². The van der Waals surface area contributed by atoms with E-state index < -0.39 is 5.97 Å². The first-order chi connectivity index (χ1) is 11.1. The number of aromatic carboxylic acids is 1. The van der Waals surface area contributed by atoms with E-state index in [-0.39, 0.29) is 12.5 Å². The van der Waals surface area contributed by atoms with E-state index in [4.69, 9.17) is 21.1 Å². The van der Waals surface area contributed by atoms with Crippen molar-refractivity contribution in [3.63, 3.8) is 0 Å². The number of carboxylic acid groups (broad SMARTS) is 1. The van der Waals surface area contributed by atoms with Crippen molar-refractivity contribution in [3.8, 4) is 11.5 Å². The zero-order valence-electron chi connectivity index (χ0n) is 11.8. The number of carbonyl (C=O) groups is 1. The Hall–Kier alpha value is -2.73. The molecule has 116 valence electrons. The molecule has 3 aromatic rings. The molecule has 1 N–H and O–H groups in total. The highest BCUT2D eigenvalue weighted by molar-refractivity contribution is 6.31. The molecule has 7 heteroatoms. The molecule has 23 heavy (non-hydrogen) atoms. The van der Waals surface area contributed by atoms with Crippen LogP contribution in [0.25, 0.3) is 10.9 Å². The van der Waals surface area contributed by atoms with Gasteiger partial charge in [-0.1, -0.05) is 29.8 Å². The molecule has 0 atom stereocenters. The van der Waals surface area contributed by atoms with E-state index in [1.54, 1.807) is 28.9 Å². The molecule has 0 aliphatic carbocycles. The highest BCUT2D eigenvalue weighted by Gasteiger charge is 2.19. The largest absolute Gasteiger partial charge is 0.476 e. The minimum absolute atomic E-state index is 0.0254.